The number of rotatable bonds is 10. The first-order valence-corrected chi connectivity index (χ1v) is 14.1. The molecule has 1 rings (SSSR count). The molecule has 0 amide bonds. The Morgan fingerprint density at radius 1 is 0.773 bits per heavy atom. The van der Waals surface area contributed by atoms with Crippen LogP contribution in [0.15, 0.2) is 0 Å². The van der Waals surface area contributed by atoms with Crippen molar-refractivity contribution in [2.45, 2.75) is 46.5 Å². The highest BCUT2D eigenvalue weighted by molar-refractivity contribution is 6.73. The Balaban J connectivity index is 2.48. The van der Waals surface area contributed by atoms with E-state index in [1.807, 2.05) is 20.8 Å². The number of nitrogens with zero attached hydrogens (tertiary/aromatic N) is 2. The van der Waals surface area contributed by atoms with E-state index in [-0.39, 0.29) is 0 Å². The molecule has 0 bridgehead atoms. The van der Waals surface area contributed by atoms with Crippen molar-refractivity contribution in [1.82, 2.24) is 9.47 Å². The Labute approximate surface area is 139 Å². The Morgan fingerprint density at radius 2 is 1.23 bits per heavy atom. The molecule has 0 spiro atoms. The van der Waals surface area contributed by atoms with Crippen molar-refractivity contribution in [1.29, 1.82) is 0 Å². The second-order valence-electron chi connectivity index (χ2n) is 6.73. The van der Waals surface area contributed by atoms with Crippen LogP contribution >= 0.6 is 0 Å². The van der Waals surface area contributed by atoms with E-state index >= 15 is 0 Å². The van der Waals surface area contributed by atoms with Crippen LogP contribution in [0.3, 0.4) is 0 Å². The van der Waals surface area contributed by atoms with Crippen LogP contribution in [0.4, 0.5) is 0 Å². The molecule has 1 aliphatic rings. The van der Waals surface area contributed by atoms with Gasteiger partial charge in [0.1, 0.15) is 8.24 Å². The molecule has 0 aromatic heterocycles. The van der Waals surface area contributed by atoms with Crippen LogP contribution in [0.25, 0.3) is 0 Å². The molecule has 132 valence electrons. The predicted octanol–water partition coefficient (Wildman–Crippen LogP) is 2.49. The first-order chi connectivity index (χ1) is 10.4. The SMILES string of the molecule is CCO[Si](CCN1CCN([Si](C)(C)C)CC1)(OCC)OCC. The van der Waals surface area contributed by atoms with Gasteiger partial charge in [0, 0.05) is 58.6 Å². The van der Waals surface area contributed by atoms with Crippen LogP contribution < -0.4 is 0 Å². The molecule has 0 aromatic carbocycles. The molecule has 22 heavy (non-hydrogen) atoms. The highest BCUT2D eigenvalue weighted by Gasteiger charge is 2.40. The summed E-state index contributed by atoms with van der Waals surface area (Å²) in [6.07, 6.45) is 0. The lowest BCUT2D eigenvalue weighted by Crippen LogP contribution is -2.57. The van der Waals surface area contributed by atoms with Crippen molar-refractivity contribution in [3.8, 4) is 0 Å². The fraction of sp³-hybridized carbons (Fsp3) is 1.00. The first kappa shape index (κ1) is 20.3. The summed E-state index contributed by atoms with van der Waals surface area (Å²) in [5.74, 6) is 0. The lowest BCUT2D eigenvalue weighted by Gasteiger charge is -2.42. The van der Waals surface area contributed by atoms with Gasteiger partial charge in [-0.05, 0) is 20.8 Å². The van der Waals surface area contributed by atoms with Gasteiger partial charge in [-0.3, -0.25) is 0 Å². The number of hydrogen-bond acceptors (Lipinski definition) is 5. The molecule has 7 heteroatoms. The zero-order valence-corrected chi connectivity index (χ0v) is 17.5. The van der Waals surface area contributed by atoms with Crippen molar-refractivity contribution < 1.29 is 13.3 Å². The fourth-order valence-electron chi connectivity index (χ4n) is 2.94. The fourth-order valence-corrected chi connectivity index (χ4v) is 7.07. The molecular weight excluding hydrogens is 312 g/mol. The molecule has 1 fully saturated rings. The van der Waals surface area contributed by atoms with Gasteiger partial charge in [0.25, 0.3) is 0 Å². The van der Waals surface area contributed by atoms with Crippen LogP contribution in [-0.4, -0.2) is 79.0 Å². The zero-order valence-electron chi connectivity index (χ0n) is 15.5. The van der Waals surface area contributed by atoms with E-state index in [0.29, 0.717) is 19.8 Å². The maximum absolute atomic E-state index is 5.94. The molecule has 0 aliphatic carbocycles. The molecule has 1 aliphatic heterocycles. The third-order valence-corrected chi connectivity index (χ3v) is 9.51. The molecule has 0 saturated carbocycles. The van der Waals surface area contributed by atoms with E-state index in [2.05, 4.69) is 29.1 Å². The first-order valence-electron chi connectivity index (χ1n) is 8.76. The Kier molecular flexibility index (Phi) is 8.77. The largest absolute Gasteiger partial charge is 0.502 e. The number of hydrogen-bond donors (Lipinski definition) is 0. The molecule has 1 saturated heterocycles. The van der Waals surface area contributed by atoms with E-state index in [0.717, 1.165) is 25.7 Å². The van der Waals surface area contributed by atoms with Gasteiger partial charge >= 0.3 is 8.80 Å². The van der Waals surface area contributed by atoms with Gasteiger partial charge in [-0.2, -0.15) is 0 Å². The van der Waals surface area contributed by atoms with Crippen LogP contribution in [0, 0.1) is 0 Å². The molecule has 0 aromatic rings. The number of piperazine rings is 1. The van der Waals surface area contributed by atoms with Crippen molar-refractivity contribution >= 4 is 17.0 Å². The van der Waals surface area contributed by atoms with E-state index in [4.69, 9.17) is 13.3 Å². The maximum Gasteiger partial charge on any atom is 0.502 e. The summed E-state index contributed by atoms with van der Waals surface area (Å²) in [4.78, 5) is 2.54. The van der Waals surface area contributed by atoms with Crippen molar-refractivity contribution in [2.75, 3.05) is 52.5 Å². The van der Waals surface area contributed by atoms with Crippen LogP contribution in [-0.2, 0) is 13.3 Å². The van der Waals surface area contributed by atoms with E-state index in [1.54, 1.807) is 0 Å². The van der Waals surface area contributed by atoms with Gasteiger partial charge in [0.15, 0.2) is 0 Å². The zero-order chi connectivity index (χ0) is 16.6. The van der Waals surface area contributed by atoms with Crippen molar-refractivity contribution in [2.24, 2.45) is 0 Å². The molecule has 1 heterocycles. The third kappa shape index (κ3) is 6.39. The minimum atomic E-state index is -2.48. The second kappa shape index (κ2) is 9.51. The topological polar surface area (TPSA) is 34.2 Å². The van der Waals surface area contributed by atoms with Gasteiger partial charge in [0.05, 0.1) is 0 Å². The van der Waals surface area contributed by atoms with Crippen molar-refractivity contribution in [3.05, 3.63) is 0 Å². The summed E-state index contributed by atoms with van der Waals surface area (Å²) in [6.45, 7) is 21.1. The van der Waals surface area contributed by atoms with Gasteiger partial charge in [0.2, 0.25) is 0 Å². The quantitative estimate of drug-likeness (QED) is 0.567. The standard InChI is InChI=1S/C15H36N2O3Si2/c1-7-18-22(19-8-2,20-9-3)15-14-16-10-12-17(13-11-16)21(4,5)6/h7-15H2,1-6H3. The summed E-state index contributed by atoms with van der Waals surface area (Å²) >= 11 is 0. The van der Waals surface area contributed by atoms with Crippen LogP contribution in [0.2, 0.25) is 25.7 Å². The van der Waals surface area contributed by atoms with Crippen molar-refractivity contribution in [3.63, 3.8) is 0 Å². The summed E-state index contributed by atoms with van der Waals surface area (Å²) in [5.41, 5.74) is 0. The van der Waals surface area contributed by atoms with Gasteiger partial charge in [-0.25, -0.2) is 0 Å². The average Bonchev–Trinajstić information content (AvgIpc) is 2.45. The molecule has 0 radical (unpaired) electrons. The lowest BCUT2D eigenvalue weighted by atomic mass is 10.4. The maximum atomic E-state index is 5.94. The third-order valence-electron chi connectivity index (χ3n) is 4.15. The molecule has 0 atom stereocenters. The normalized spacial score (nSPS) is 18.8. The van der Waals surface area contributed by atoms with E-state index in [9.17, 15) is 0 Å². The van der Waals surface area contributed by atoms with Gasteiger partial charge < -0.3 is 22.7 Å². The Hall–Kier alpha value is 0.234. The minimum Gasteiger partial charge on any atom is -0.374 e. The van der Waals surface area contributed by atoms with E-state index < -0.39 is 17.0 Å². The smallest absolute Gasteiger partial charge is 0.374 e. The van der Waals surface area contributed by atoms with Crippen LogP contribution in [0.5, 0.6) is 0 Å². The molecular formula is C15H36N2O3Si2. The molecule has 5 nitrogen and oxygen atoms in total. The second-order valence-corrected chi connectivity index (χ2v) is 14.4. The Morgan fingerprint density at radius 3 is 1.59 bits per heavy atom. The highest BCUT2D eigenvalue weighted by atomic mass is 28.4. The van der Waals surface area contributed by atoms with Gasteiger partial charge in [-0.15, -0.1) is 0 Å². The molecule has 0 N–H and O–H groups in total. The monoisotopic (exact) mass is 348 g/mol. The van der Waals surface area contributed by atoms with Gasteiger partial charge in [-0.1, -0.05) is 19.6 Å². The Bertz CT molecular complexity index is 289. The average molecular weight is 349 g/mol. The van der Waals surface area contributed by atoms with Crippen LogP contribution in [0.1, 0.15) is 20.8 Å². The summed E-state index contributed by atoms with van der Waals surface area (Å²) in [5, 5.41) is 0. The summed E-state index contributed by atoms with van der Waals surface area (Å²) in [7, 11) is -3.62. The minimum absolute atomic E-state index is 0.662. The predicted molar refractivity (Wildman–Crippen MR) is 96.8 cm³/mol. The lowest BCUT2D eigenvalue weighted by molar-refractivity contribution is 0.0664. The molecule has 0 unspecified atom stereocenters. The highest BCUT2D eigenvalue weighted by Crippen LogP contribution is 2.18. The summed E-state index contributed by atoms with van der Waals surface area (Å²) < 4.78 is 20.5. The summed E-state index contributed by atoms with van der Waals surface area (Å²) in [6, 6.07) is 0.898. The van der Waals surface area contributed by atoms with E-state index in [1.165, 1.54) is 13.1 Å².